The summed E-state index contributed by atoms with van der Waals surface area (Å²) >= 11 is 3.12. The summed E-state index contributed by atoms with van der Waals surface area (Å²) in [7, 11) is 0. The van der Waals surface area contributed by atoms with Gasteiger partial charge in [0.05, 0.1) is 0 Å². The Morgan fingerprint density at radius 3 is 2.50 bits per heavy atom. The van der Waals surface area contributed by atoms with Crippen molar-refractivity contribution in [3.05, 3.63) is 57.7 Å². The largest absolute Gasteiger partial charge is 0.454 e. The highest BCUT2D eigenvalue weighted by Gasteiger charge is 2.20. The molecular formula is C13H9BrF3NO2. The molecule has 7 heteroatoms. The van der Waals surface area contributed by atoms with Crippen molar-refractivity contribution in [2.24, 2.45) is 0 Å². The van der Waals surface area contributed by atoms with Crippen LogP contribution in [0.15, 0.2) is 33.4 Å². The minimum absolute atomic E-state index is 0.105. The zero-order valence-corrected chi connectivity index (χ0v) is 11.6. The number of hydrogen-bond donors (Lipinski definition) is 1. The van der Waals surface area contributed by atoms with Gasteiger partial charge >= 0.3 is 0 Å². The van der Waals surface area contributed by atoms with Crippen molar-refractivity contribution in [1.29, 1.82) is 0 Å². The Bertz CT molecular complexity index is 643. The fourth-order valence-corrected chi connectivity index (χ4v) is 1.95. The molecule has 20 heavy (non-hydrogen) atoms. The predicted molar refractivity (Wildman–Crippen MR) is 68.8 cm³/mol. The fourth-order valence-electron chi connectivity index (χ4n) is 1.61. The normalized spacial score (nSPS) is 10.6. The first-order valence-corrected chi connectivity index (χ1v) is 6.44. The van der Waals surface area contributed by atoms with Gasteiger partial charge in [0, 0.05) is 13.0 Å². The minimum atomic E-state index is -1.50. The van der Waals surface area contributed by atoms with Gasteiger partial charge in [-0.2, -0.15) is 0 Å². The monoisotopic (exact) mass is 347 g/mol. The zero-order chi connectivity index (χ0) is 14.7. The molecule has 0 aliphatic carbocycles. The van der Waals surface area contributed by atoms with Gasteiger partial charge in [0.2, 0.25) is 0 Å². The van der Waals surface area contributed by atoms with Gasteiger partial charge in [0.15, 0.2) is 16.3 Å². The summed E-state index contributed by atoms with van der Waals surface area (Å²) in [5.41, 5.74) is -0.925. The van der Waals surface area contributed by atoms with E-state index in [4.69, 9.17) is 4.42 Å². The Kier molecular flexibility index (Phi) is 4.49. The van der Waals surface area contributed by atoms with Crippen LogP contribution in [0.25, 0.3) is 0 Å². The van der Waals surface area contributed by atoms with Crippen LogP contribution in [0, 0.1) is 17.5 Å². The first-order chi connectivity index (χ1) is 9.49. The van der Waals surface area contributed by atoms with Crippen LogP contribution in [0.4, 0.5) is 13.2 Å². The summed E-state index contributed by atoms with van der Waals surface area (Å²) in [6, 6.07) is 4.71. The van der Waals surface area contributed by atoms with Gasteiger partial charge in [0.25, 0.3) is 5.91 Å². The standard InChI is InChI=1S/C13H9BrF3NO2/c14-10-4-1-7(20-10)5-6-18-13(19)11-8(15)2-3-9(16)12(11)17/h1-4H,5-6H2,(H,18,19). The third-order valence-electron chi connectivity index (χ3n) is 2.56. The van der Waals surface area contributed by atoms with Crippen molar-refractivity contribution in [1.82, 2.24) is 5.32 Å². The number of carbonyl (C=O) groups excluding carboxylic acids is 1. The second-order valence-electron chi connectivity index (χ2n) is 3.93. The van der Waals surface area contributed by atoms with Crippen LogP contribution in [0.5, 0.6) is 0 Å². The quantitative estimate of drug-likeness (QED) is 0.861. The first-order valence-electron chi connectivity index (χ1n) is 5.65. The molecule has 0 saturated carbocycles. The van der Waals surface area contributed by atoms with E-state index in [0.29, 0.717) is 29.0 Å². The molecule has 0 unspecified atom stereocenters. The van der Waals surface area contributed by atoms with E-state index in [1.165, 1.54) is 0 Å². The van der Waals surface area contributed by atoms with Crippen molar-refractivity contribution in [3.63, 3.8) is 0 Å². The van der Waals surface area contributed by atoms with E-state index >= 15 is 0 Å². The van der Waals surface area contributed by atoms with E-state index in [1.54, 1.807) is 12.1 Å². The lowest BCUT2D eigenvalue weighted by atomic mass is 10.1. The summed E-state index contributed by atoms with van der Waals surface area (Å²) in [5.74, 6) is -4.29. The molecule has 0 saturated heterocycles. The first kappa shape index (κ1) is 14.6. The lowest BCUT2D eigenvalue weighted by Crippen LogP contribution is -2.27. The molecule has 0 radical (unpaired) electrons. The van der Waals surface area contributed by atoms with Gasteiger partial charge in [-0.15, -0.1) is 0 Å². The molecule has 0 aliphatic rings. The topological polar surface area (TPSA) is 42.2 Å². The molecule has 0 bridgehead atoms. The molecule has 1 aromatic carbocycles. The highest BCUT2D eigenvalue weighted by atomic mass is 79.9. The average Bonchev–Trinajstić information content (AvgIpc) is 2.80. The van der Waals surface area contributed by atoms with Crippen molar-refractivity contribution >= 4 is 21.8 Å². The van der Waals surface area contributed by atoms with Gasteiger partial charge in [-0.3, -0.25) is 4.79 Å². The maximum absolute atomic E-state index is 13.4. The summed E-state index contributed by atoms with van der Waals surface area (Å²) in [6.07, 6.45) is 0.343. The van der Waals surface area contributed by atoms with E-state index in [0.717, 1.165) is 0 Å². The number of hydrogen-bond acceptors (Lipinski definition) is 2. The molecule has 0 atom stereocenters. The average molecular weight is 348 g/mol. The zero-order valence-electron chi connectivity index (χ0n) is 10.1. The molecule has 1 amide bonds. The number of carbonyl (C=O) groups is 1. The van der Waals surface area contributed by atoms with Gasteiger partial charge in [-0.25, -0.2) is 13.2 Å². The lowest BCUT2D eigenvalue weighted by Gasteiger charge is -2.06. The number of nitrogens with one attached hydrogen (secondary N) is 1. The van der Waals surface area contributed by atoms with Crippen LogP contribution in [-0.4, -0.2) is 12.5 Å². The van der Waals surface area contributed by atoms with Gasteiger partial charge in [-0.05, 0) is 40.2 Å². The van der Waals surface area contributed by atoms with Crippen molar-refractivity contribution in [2.45, 2.75) is 6.42 Å². The third kappa shape index (κ3) is 3.22. The maximum Gasteiger partial charge on any atom is 0.257 e. The highest BCUT2D eigenvalue weighted by Crippen LogP contribution is 2.16. The SMILES string of the molecule is O=C(NCCc1ccc(Br)o1)c1c(F)ccc(F)c1F. The molecular weight excluding hydrogens is 339 g/mol. The Morgan fingerprint density at radius 1 is 1.15 bits per heavy atom. The fraction of sp³-hybridized carbons (Fsp3) is 0.154. The third-order valence-corrected chi connectivity index (χ3v) is 2.98. The minimum Gasteiger partial charge on any atom is -0.454 e. The summed E-state index contributed by atoms with van der Waals surface area (Å²) < 4.78 is 45.4. The van der Waals surface area contributed by atoms with Crippen LogP contribution >= 0.6 is 15.9 Å². The molecule has 0 spiro atoms. The predicted octanol–water partition coefficient (Wildman–Crippen LogP) is 3.43. The Labute approximate surface area is 120 Å². The van der Waals surface area contributed by atoms with E-state index in [1.807, 2.05) is 0 Å². The number of amides is 1. The summed E-state index contributed by atoms with van der Waals surface area (Å²) in [4.78, 5) is 11.6. The number of benzene rings is 1. The molecule has 106 valence electrons. The molecule has 0 fully saturated rings. The molecule has 1 aromatic heterocycles. The Hall–Kier alpha value is -1.76. The van der Waals surface area contributed by atoms with E-state index < -0.39 is 28.9 Å². The van der Waals surface area contributed by atoms with Crippen LogP contribution in [-0.2, 0) is 6.42 Å². The van der Waals surface area contributed by atoms with Crippen molar-refractivity contribution in [3.8, 4) is 0 Å². The number of furan rings is 1. The van der Waals surface area contributed by atoms with E-state index in [9.17, 15) is 18.0 Å². The van der Waals surface area contributed by atoms with E-state index in [-0.39, 0.29) is 6.54 Å². The molecule has 1 N–H and O–H groups in total. The second-order valence-corrected chi connectivity index (χ2v) is 4.71. The van der Waals surface area contributed by atoms with Crippen LogP contribution in [0.3, 0.4) is 0 Å². The number of rotatable bonds is 4. The van der Waals surface area contributed by atoms with Crippen molar-refractivity contribution < 1.29 is 22.4 Å². The second kappa shape index (κ2) is 6.13. The van der Waals surface area contributed by atoms with Gasteiger partial charge < -0.3 is 9.73 Å². The molecule has 0 aliphatic heterocycles. The summed E-state index contributed by atoms with van der Waals surface area (Å²) in [5, 5.41) is 2.30. The summed E-state index contributed by atoms with van der Waals surface area (Å²) in [6.45, 7) is 0.105. The molecule has 2 aromatic rings. The van der Waals surface area contributed by atoms with Gasteiger partial charge in [-0.1, -0.05) is 0 Å². The Balaban J connectivity index is 2.00. The maximum atomic E-state index is 13.4. The molecule has 1 heterocycles. The van der Waals surface area contributed by atoms with Crippen LogP contribution in [0.2, 0.25) is 0 Å². The molecule has 2 rings (SSSR count). The lowest BCUT2D eigenvalue weighted by molar-refractivity contribution is 0.0944. The smallest absolute Gasteiger partial charge is 0.257 e. The van der Waals surface area contributed by atoms with Crippen molar-refractivity contribution in [2.75, 3.05) is 6.54 Å². The Morgan fingerprint density at radius 2 is 1.85 bits per heavy atom. The van der Waals surface area contributed by atoms with Gasteiger partial charge in [0.1, 0.15) is 17.1 Å². The highest BCUT2D eigenvalue weighted by molar-refractivity contribution is 9.10. The van der Waals surface area contributed by atoms with Crippen LogP contribution in [0.1, 0.15) is 16.1 Å². The molecule has 3 nitrogen and oxygen atoms in total. The van der Waals surface area contributed by atoms with E-state index in [2.05, 4.69) is 21.2 Å². The van der Waals surface area contributed by atoms with Crippen LogP contribution < -0.4 is 5.32 Å². The number of halogens is 4.